The third-order valence-electron chi connectivity index (χ3n) is 2.09. The van der Waals surface area contributed by atoms with Gasteiger partial charge in [0, 0.05) is 13.0 Å². The Morgan fingerprint density at radius 3 is 2.88 bits per heavy atom. The molecule has 0 saturated carbocycles. The van der Waals surface area contributed by atoms with Crippen LogP contribution in [0.15, 0.2) is 6.33 Å². The van der Waals surface area contributed by atoms with E-state index < -0.39 is 0 Å². The van der Waals surface area contributed by atoms with E-state index in [-0.39, 0.29) is 0 Å². The highest BCUT2D eigenvalue weighted by atomic mass is 16.5. The predicted molar refractivity (Wildman–Crippen MR) is 64.5 cm³/mol. The van der Waals surface area contributed by atoms with Crippen LogP contribution in [0.3, 0.4) is 0 Å². The molecule has 1 heterocycles. The van der Waals surface area contributed by atoms with E-state index in [1.54, 1.807) is 0 Å². The van der Waals surface area contributed by atoms with Gasteiger partial charge in [-0.1, -0.05) is 6.92 Å². The molecule has 0 bridgehead atoms. The number of terminal acetylenes is 1. The first-order valence-corrected chi connectivity index (χ1v) is 5.47. The Labute approximate surface area is 96.5 Å². The topological polar surface area (TPSA) is 47.0 Å². The van der Waals surface area contributed by atoms with Crippen molar-refractivity contribution >= 4 is 5.82 Å². The van der Waals surface area contributed by atoms with E-state index in [0.717, 1.165) is 24.3 Å². The second-order valence-corrected chi connectivity index (χ2v) is 3.19. The zero-order chi connectivity index (χ0) is 11.8. The van der Waals surface area contributed by atoms with Crippen LogP contribution in [0.5, 0.6) is 5.88 Å². The fourth-order valence-electron chi connectivity index (χ4n) is 1.37. The van der Waals surface area contributed by atoms with Crippen molar-refractivity contribution in [2.75, 3.05) is 18.5 Å². The van der Waals surface area contributed by atoms with Crippen LogP contribution in [0.2, 0.25) is 0 Å². The van der Waals surface area contributed by atoms with Gasteiger partial charge in [0.1, 0.15) is 18.8 Å². The van der Waals surface area contributed by atoms with Crippen LogP contribution >= 0.6 is 0 Å². The molecule has 0 aliphatic rings. The number of ether oxygens (including phenoxy) is 1. The van der Waals surface area contributed by atoms with Crippen LogP contribution in [0.25, 0.3) is 0 Å². The first-order valence-electron chi connectivity index (χ1n) is 5.47. The number of nitrogens with one attached hydrogen (secondary N) is 1. The van der Waals surface area contributed by atoms with E-state index in [0.29, 0.717) is 18.9 Å². The van der Waals surface area contributed by atoms with Gasteiger partial charge in [-0.05, 0) is 13.3 Å². The predicted octanol–water partition coefficient (Wildman–Crippen LogP) is 1.87. The van der Waals surface area contributed by atoms with E-state index in [1.165, 1.54) is 6.33 Å². The van der Waals surface area contributed by atoms with E-state index >= 15 is 0 Å². The van der Waals surface area contributed by atoms with Crippen LogP contribution in [-0.4, -0.2) is 23.1 Å². The number of anilines is 1. The summed E-state index contributed by atoms with van der Waals surface area (Å²) >= 11 is 0. The van der Waals surface area contributed by atoms with Gasteiger partial charge in [-0.15, -0.1) is 12.3 Å². The lowest BCUT2D eigenvalue weighted by molar-refractivity contribution is 0.310. The molecule has 0 spiro atoms. The number of aromatic nitrogens is 2. The molecule has 0 radical (unpaired) electrons. The Morgan fingerprint density at radius 1 is 1.44 bits per heavy atom. The molecule has 1 N–H and O–H groups in total. The maximum atomic E-state index is 5.52. The van der Waals surface area contributed by atoms with Gasteiger partial charge in [0.05, 0.1) is 5.56 Å². The van der Waals surface area contributed by atoms with Gasteiger partial charge < -0.3 is 10.1 Å². The summed E-state index contributed by atoms with van der Waals surface area (Å²) in [5.41, 5.74) is 1.00. The van der Waals surface area contributed by atoms with Gasteiger partial charge >= 0.3 is 0 Å². The van der Waals surface area contributed by atoms with Crippen molar-refractivity contribution in [2.24, 2.45) is 0 Å². The zero-order valence-corrected chi connectivity index (χ0v) is 9.79. The Morgan fingerprint density at radius 2 is 2.25 bits per heavy atom. The van der Waals surface area contributed by atoms with Crippen LogP contribution < -0.4 is 10.1 Å². The van der Waals surface area contributed by atoms with E-state index in [1.807, 2.05) is 13.8 Å². The first-order chi connectivity index (χ1) is 7.83. The molecule has 1 rings (SSSR count). The Hall–Kier alpha value is -1.76. The van der Waals surface area contributed by atoms with Gasteiger partial charge in [-0.3, -0.25) is 0 Å². The van der Waals surface area contributed by atoms with Crippen molar-refractivity contribution in [1.82, 2.24) is 9.97 Å². The molecule has 0 aliphatic carbocycles. The molecule has 1 aromatic rings. The fourth-order valence-corrected chi connectivity index (χ4v) is 1.37. The van der Waals surface area contributed by atoms with Crippen molar-refractivity contribution in [3.63, 3.8) is 0 Å². The largest absolute Gasteiger partial charge is 0.476 e. The molecule has 0 aromatic carbocycles. The molecule has 0 fully saturated rings. The molecule has 1 aromatic heterocycles. The number of nitrogens with zero attached hydrogens (tertiary/aromatic N) is 2. The summed E-state index contributed by atoms with van der Waals surface area (Å²) < 4.78 is 5.52. The second kappa shape index (κ2) is 6.67. The number of rotatable bonds is 6. The Kier molecular flexibility index (Phi) is 5.13. The second-order valence-electron chi connectivity index (χ2n) is 3.19. The summed E-state index contributed by atoms with van der Waals surface area (Å²) in [4.78, 5) is 8.31. The Bertz CT molecular complexity index is 371. The number of hydrogen-bond donors (Lipinski definition) is 1. The van der Waals surface area contributed by atoms with Gasteiger partial charge in [0.15, 0.2) is 0 Å². The molecule has 0 unspecified atom stereocenters. The third kappa shape index (κ3) is 3.13. The highest BCUT2D eigenvalue weighted by Crippen LogP contribution is 2.22. The first kappa shape index (κ1) is 12.3. The highest BCUT2D eigenvalue weighted by Gasteiger charge is 2.09. The summed E-state index contributed by atoms with van der Waals surface area (Å²) in [6, 6.07) is 0. The molecular weight excluding hydrogens is 202 g/mol. The van der Waals surface area contributed by atoms with Crippen LogP contribution in [-0.2, 0) is 6.42 Å². The normalized spacial score (nSPS) is 9.56. The van der Waals surface area contributed by atoms with Crippen molar-refractivity contribution < 1.29 is 4.74 Å². The molecule has 0 saturated heterocycles. The minimum absolute atomic E-state index is 0.492. The van der Waals surface area contributed by atoms with Crippen molar-refractivity contribution in [3.05, 3.63) is 11.9 Å². The molecule has 4 nitrogen and oxygen atoms in total. The average molecular weight is 219 g/mol. The summed E-state index contributed by atoms with van der Waals surface area (Å²) in [7, 11) is 0. The maximum absolute atomic E-state index is 5.52. The van der Waals surface area contributed by atoms with E-state index in [4.69, 9.17) is 11.2 Å². The van der Waals surface area contributed by atoms with Crippen LogP contribution in [0.4, 0.5) is 5.82 Å². The molecule has 0 aliphatic heterocycles. The molecule has 16 heavy (non-hydrogen) atoms. The zero-order valence-electron chi connectivity index (χ0n) is 9.79. The van der Waals surface area contributed by atoms with E-state index in [9.17, 15) is 0 Å². The van der Waals surface area contributed by atoms with Gasteiger partial charge in [0.25, 0.3) is 0 Å². The lowest BCUT2D eigenvalue weighted by atomic mass is 10.2. The minimum Gasteiger partial charge on any atom is -0.476 e. The van der Waals surface area contributed by atoms with E-state index in [2.05, 4.69) is 21.2 Å². The van der Waals surface area contributed by atoms with Gasteiger partial charge in [-0.25, -0.2) is 9.97 Å². The summed E-state index contributed by atoms with van der Waals surface area (Å²) in [6.07, 6.45) is 8.08. The molecular formula is C12H17N3O. The van der Waals surface area contributed by atoms with Crippen molar-refractivity contribution in [2.45, 2.75) is 26.7 Å². The monoisotopic (exact) mass is 219 g/mol. The van der Waals surface area contributed by atoms with Crippen LogP contribution in [0, 0.1) is 12.3 Å². The Balaban J connectivity index is 2.82. The summed E-state index contributed by atoms with van der Waals surface area (Å²) in [5.74, 6) is 4.00. The lowest BCUT2D eigenvalue weighted by Gasteiger charge is -2.12. The van der Waals surface area contributed by atoms with Crippen molar-refractivity contribution in [3.8, 4) is 18.2 Å². The molecule has 0 amide bonds. The smallest absolute Gasteiger partial charge is 0.221 e. The maximum Gasteiger partial charge on any atom is 0.221 e. The number of hydrogen-bond acceptors (Lipinski definition) is 4. The minimum atomic E-state index is 0.492. The standard InChI is InChI=1S/C12H17N3O/c1-4-7-8-16-12-10(5-2)11(13-6-3)14-9-15-12/h1,9H,5-8H2,2-3H3,(H,13,14,15). The third-order valence-corrected chi connectivity index (χ3v) is 2.09. The quantitative estimate of drug-likeness (QED) is 0.586. The molecule has 0 atom stereocenters. The van der Waals surface area contributed by atoms with Gasteiger partial charge in [0.2, 0.25) is 5.88 Å². The summed E-state index contributed by atoms with van der Waals surface area (Å²) in [5, 5.41) is 3.19. The average Bonchev–Trinajstić information content (AvgIpc) is 2.30. The van der Waals surface area contributed by atoms with Gasteiger partial charge in [-0.2, -0.15) is 0 Å². The highest BCUT2D eigenvalue weighted by molar-refractivity contribution is 5.48. The lowest BCUT2D eigenvalue weighted by Crippen LogP contribution is -2.08. The SMILES string of the molecule is C#CCCOc1ncnc(NCC)c1CC. The molecule has 86 valence electrons. The summed E-state index contributed by atoms with van der Waals surface area (Å²) in [6.45, 7) is 5.40. The fraction of sp³-hybridized carbons (Fsp3) is 0.500. The van der Waals surface area contributed by atoms with Crippen LogP contribution in [0.1, 0.15) is 25.8 Å². The van der Waals surface area contributed by atoms with Crippen molar-refractivity contribution in [1.29, 1.82) is 0 Å². The molecule has 4 heteroatoms.